The normalized spacial score (nSPS) is 21.3. The number of hydrogen-bond acceptors (Lipinski definition) is 5. The molecule has 3 heterocycles. The number of rotatable bonds is 2. The van der Waals surface area contributed by atoms with E-state index in [1.54, 1.807) is 11.3 Å². The van der Waals surface area contributed by atoms with Gasteiger partial charge in [-0.1, -0.05) is 11.6 Å². The van der Waals surface area contributed by atoms with Crippen molar-refractivity contribution in [2.75, 3.05) is 13.1 Å². The van der Waals surface area contributed by atoms with Crippen LogP contribution < -0.4 is 0 Å². The molecule has 0 N–H and O–H groups in total. The predicted molar refractivity (Wildman–Crippen MR) is 87.9 cm³/mol. The molecule has 0 unspecified atom stereocenters. The second kappa shape index (κ2) is 6.07. The number of likely N-dealkylation sites (tertiary alicyclic amines) is 1. The molecule has 122 valence electrons. The van der Waals surface area contributed by atoms with Gasteiger partial charge in [-0.25, -0.2) is 0 Å². The molecule has 1 amide bonds. The molecular weight excluding hydrogens is 310 g/mol. The molecule has 0 bridgehead atoms. The van der Waals surface area contributed by atoms with Crippen LogP contribution >= 0.6 is 11.3 Å². The summed E-state index contributed by atoms with van der Waals surface area (Å²) in [5.41, 5.74) is 1.40. The Bertz CT molecular complexity index is 698. The summed E-state index contributed by atoms with van der Waals surface area (Å²) < 4.78 is 5.27. The minimum atomic E-state index is 0.168. The van der Waals surface area contributed by atoms with E-state index in [0.29, 0.717) is 18.3 Å². The van der Waals surface area contributed by atoms with E-state index in [9.17, 15) is 4.79 Å². The maximum Gasteiger partial charge on any atom is 0.263 e. The highest BCUT2D eigenvalue weighted by molar-refractivity contribution is 7.14. The van der Waals surface area contributed by atoms with Crippen molar-refractivity contribution >= 4 is 17.2 Å². The number of aryl methyl sites for hydroxylation is 3. The molecule has 0 aromatic carbocycles. The Morgan fingerprint density at radius 2 is 2.22 bits per heavy atom. The van der Waals surface area contributed by atoms with E-state index in [-0.39, 0.29) is 11.8 Å². The maximum absolute atomic E-state index is 12.8. The van der Waals surface area contributed by atoms with Crippen LogP contribution in [0.4, 0.5) is 0 Å². The zero-order valence-corrected chi connectivity index (χ0v) is 14.2. The number of hydrogen-bond donors (Lipinski definition) is 0. The van der Waals surface area contributed by atoms with Crippen LogP contribution in [0.2, 0.25) is 0 Å². The van der Waals surface area contributed by atoms with Crippen molar-refractivity contribution in [3.63, 3.8) is 0 Å². The number of aromatic nitrogens is 2. The van der Waals surface area contributed by atoms with E-state index >= 15 is 0 Å². The minimum absolute atomic E-state index is 0.168. The second-order valence-corrected chi connectivity index (χ2v) is 7.67. The third-order valence-corrected chi connectivity index (χ3v) is 6.05. The van der Waals surface area contributed by atoms with Crippen LogP contribution in [0, 0.1) is 6.92 Å². The topological polar surface area (TPSA) is 59.2 Å². The molecule has 23 heavy (non-hydrogen) atoms. The predicted octanol–water partition coefficient (Wildman–Crippen LogP) is 3.34. The van der Waals surface area contributed by atoms with Gasteiger partial charge < -0.3 is 9.42 Å². The molecule has 4 rings (SSSR count). The van der Waals surface area contributed by atoms with Crippen LogP contribution in [-0.4, -0.2) is 34.0 Å². The highest BCUT2D eigenvalue weighted by Crippen LogP contribution is 2.32. The van der Waals surface area contributed by atoms with Gasteiger partial charge in [-0.15, -0.1) is 11.3 Å². The Hall–Kier alpha value is -1.69. The van der Waals surface area contributed by atoms with Crippen LogP contribution in [0.3, 0.4) is 0 Å². The van der Waals surface area contributed by atoms with Crippen molar-refractivity contribution in [1.82, 2.24) is 15.0 Å². The number of thiophene rings is 1. The number of nitrogens with zero attached hydrogens (tertiary/aromatic N) is 3. The summed E-state index contributed by atoms with van der Waals surface area (Å²) >= 11 is 1.70. The number of amides is 1. The van der Waals surface area contributed by atoms with Crippen LogP contribution in [0.25, 0.3) is 0 Å². The fourth-order valence-corrected chi connectivity index (χ4v) is 4.78. The minimum Gasteiger partial charge on any atom is -0.339 e. The molecule has 0 radical (unpaired) electrons. The summed E-state index contributed by atoms with van der Waals surface area (Å²) in [5.74, 6) is 1.67. The Labute approximate surface area is 139 Å². The van der Waals surface area contributed by atoms with E-state index in [1.165, 1.54) is 29.7 Å². The Morgan fingerprint density at radius 3 is 3.04 bits per heavy atom. The molecule has 2 aromatic rings. The van der Waals surface area contributed by atoms with Crippen LogP contribution in [0.1, 0.15) is 63.4 Å². The summed E-state index contributed by atoms with van der Waals surface area (Å²) in [7, 11) is 0. The van der Waals surface area contributed by atoms with E-state index in [0.717, 1.165) is 30.7 Å². The summed E-state index contributed by atoms with van der Waals surface area (Å²) in [6.07, 6.45) is 6.98. The van der Waals surface area contributed by atoms with Gasteiger partial charge in [0.1, 0.15) is 0 Å². The molecule has 2 aliphatic rings. The molecule has 1 atom stereocenters. The zero-order chi connectivity index (χ0) is 15.8. The van der Waals surface area contributed by atoms with Gasteiger partial charge in [-0.3, -0.25) is 4.79 Å². The molecule has 2 aromatic heterocycles. The molecule has 1 aliphatic carbocycles. The van der Waals surface area contributed by atoms with Gasteiger partial charge in [0.15, 0.2) is 5.82 Å². The lowest BCUT2D eigenvalue weighted by Crippen LogP contribution is -2.27. The molecule has 1 aliphatic heterocycles. The first-order valence-corrected chi connectivity index (χ1v) is 9.23. The Morgan fingerprint density at radius 1 is 1.35 bits per heavy atom. The van der Waals surface area contributed by atoms with E-state index in [1.807, 2.05) is 11.8 Å². The van der Waals surface area contributed by atoms with Crippen molar-refractivity contribution in [2.24, 2.45) is 0 Å². The molecule has 0 saturated carbocycles. The summed E-state index contributed by atoms with van der Waals surface area (Å²) in [6, 6.07) is 2.14. The van der Waals surface area contributed by atoms with Gasteiger partial charge in [0.25, 0.3) is 5.91 Å². The third kappa shape index (κ3) is 2.92. The number of carbonyl (C=O) groups is 1. The average molecular weight is 331 g/mol. The Balaban J connectivity index is 1.47. The van der Waals surface area contributed by atoms with Gasteiger partial charge in [0.2, 0.25) is 5.89 Å². The van der Waals surface area contributed by atoms with Crippen LogP contribution in [0.5, 0.6) is 0 Å². The summed E-state index contributed by atoms with van der Waals surface area (Å²) in [5, 5.41) is 3.85. The SMILES string of the molecule is Cc1noc([C@@H]2CCN(C(=O)c3cc4c(s3)CCCCC4)C2)n1. The van der Waals surface area contributed by atoms with Crippen molar-refractivity contribution in [3.05, 3.63) is 33.1 Å². The standard InChI is InChI=1S/C17H21N3O2S/c1-11-18-16(22-19-11)13-7-8-20(10-13)17(21)15-9-12-5-3-2-4-6-14(12)23-15/h9,13H,2-8,10H2,1H3/t13-/m1/s1. The summed E-state index contributed by atoms with van der Waals surface area (Å²) in [6.45, 7) is 3.28. The van der Waals surface area contributed by atoms with Crippen LogP contribution in [-0.2, 0) is 12.8 Å². The zero-order valence-electron chi connectivity index (χ0n) is 13.4. The van der Waals surface area contributed by atoms with Crippen molar-refractivity contribution in [3.8, 4) is 0 Å². The lowest BCUT2D eigenvalue weighted by molar-refractivity contribution is 0.0794. The molecule has 6 heteroatoms. The lowest BCUT2D eigenvalue weighted by Gasteiger charge is -2.14. The van der Waals surface area contributed by atoms with Crippen molar-refractivity contribution < 1.29 is 9.32 Å². The van der Waals surface area contributed by atoms with Gasteiger partial charge in [-0.2, -0.15) is 4.98 Å². The molecule has 0 spiro atoms. The van der Waals surface area contributed by atoms with Gasteiger partial charge in [-0.05, 0) is 50.7 Å². The van der Waals surface area contributed by atoms with E-state index in [2.05, 4.69) is 16.2 Å². The van der Waals surface area contributed by atoms with Crippen LogP contribution in [0.15, 0.2) is 10.6 Å². The highest BCUT2D eigenvalue weighted by atomic mass is 32.1. The average Bonchev–Trinajstić information content (AvgIpc) is 3.24. The van der Waals surface area contributed by atoms with Gasteiger partial charge in [0, 0.05) is 18.0 Å². The first-order chi connectivity index (χ1) is 11.2. The monoisotopic (exact) mass is 331 g/mol. The Kier molecular flexibility index (Phi) is 3.93. The van der Waals surface area contributed by atoms with E-state index in [4.69, 9.17) is 4.52 Å². The molecule has 5 nitrogen and oxygen atoms in total. The first-order valence-electron chi connectivity index (χ1n) is 8.42. The largest absolute Gasteiger partial charge is 0.339 e. The van der Waals surface area contributed by atoms with Gasteiger partial charge >= 0.3 is 0 Å². The smallest absolute Gasteiger partial charge is 0.263 e. The molecule has 1 saturated heterocycles. The van der Waals surface area contributed by atoms with Crippen molar-refractivity contribution in [2.45, 2.75) is 51.4 Å². The maximum atomic E-state index is 12.8. The number of fused-ring (bicyclic) bond motifs is 1. The first kappa shape index (κ1) is 14.9. The fourth-order valence-electron chi connectivity index (χ4n) is 3.55. The summed E-state index contributed by atoms with van der Waals surface area (Å²) in [4.78, 5) is 21.4. The second-order valence-electron chi connectivity index (χ2n) is 6.54. The fraction of sp³-hybridized carbons (Fsp3) is 0.588. The van der Waals surface area contributed by atoms with Gasteiger partial charge in [0.05, 0.1) is 10.8 Å². The molecular formula is C17H21N3O2S. The quantitative estimate of drug-likeness (QED) is 0.792. The highest BCUT2D eigenvalue weighted by Gasteiger charge is 2.32. The lowest BCUT2D eigenvalue weighted by atomic mass is 10.1. The third-order valence-electron chi connectivity index (χ3n) is 4.83. The van der Waals surface area contributed by atoms with E-state index < -0.39 is 0 Å². The molecule has 1 fully saturated rings. The number of carbonyl (C=O) groups excluding carboxylic acids is 1. The van der Waals surface area contributed by atoms with Crippen molar-refractivity contribution in [1.29, 1.82) is 0 Å².